The Labute approximate surface area is 171 Å². The second kappa shape index (κ2) is 9.71. The van der Waals surface area contributed by atoms with Crippen molar-refractivity contribution in [1.29, 1.82) is 0 Å². The summed E-state index contributed by atoms with van der Waals surface area (Å²) in [4.78, 5) is 12.6. The van der Waals surface area contributed by atoms with Crippen molar-refractivity contribution < 1.29 is 22.7 Å². The largest absolute Gasteiger partial charge is 0.416 e. The average Bonchev–Trinajstić information content (AvgIpc) is 2.66. The molecule has 1 unspecified atom stereocenters. The van der Waals surface area contributed by atoms with E-state index in [0.717, 1.165) is 31.4 Å². The molecule has 1 aliphatic rings. The Kier molecular flexibility index (Phi) is 7.89. The zero-order chi connectivity index (χ0) is 20.0. The van der Waals surface area contributed by atoms with Gasteiger partial charge in [-0.15, -0.1) is 0 Å². The summed E-state index contributed by atoms with van der Waals surface area (Å²) in [5.41, 5.74) is 0.00664. The Morgan fingerprint density at radius 3 is 2.52 bits per heavy atom. The van der Waals surface area contributed by atoms with E-state index in [1.807, 2.05) is 0 Å². The van der Waals surface area contributed by atoms with Crippen molar-refractivity contribution in [2.45, 2.75) is 38.6 Å². The van der Waals surface area contributed by atoms with Gasteiger partial charge in [-0.1, -0.05) is 23.4 Å². The van der Waals surface area contributed by atoms with E-state index < -0.39 is 32.7 Å². The van der Waals surface area contributed by atoms with Crippen molar-refractivity contribution >= 4 is 43.0 Å². The molecule has 1 heterocycles. The van der Waals surface area contributed by atoms with E-state index in [-0.39, 0.29) is 17.2 Å². The van der Waals surface area contributed by atoms with Gasteiger partial charge in [-0.25, -0.2) is 0 Å². The predicted molar refractivity (Wildman–Crippen MR) is 108 cm³/mol. The molecule has 1 atom stereocenters. The van der Waals surface area contributed by atoms with Gasteiger partial charge in [0.1, 0.15) is 11.3 Å². The molecule has 1 fully saturated rings. The van der Waals surface area contributed by atoms with E-state index in [1.54, 1.807) is 10.0 Å². The molecule has 0 N–H and O–H groups in total. The first-order chi connectivity index (χ1) is 12.7. The summed E-state index contributed by atoms with van der Waals surface area (Å²) in [6.45, 7) is 2.20. The highest BCUT2D eigenvalue weighted by Gasteiger charge is 2.30. The van der Waals surface area contributed by atoms with Crippen molar-refractivity contribution in [2.24, 2.45) is 0 Å². The minimum absolute atomic E-state index is 0.0214. The first kappa shape index (κ1) is 21.9. The Balaban J connectivity index is 2.15. The Morgan fingerprint density at radius 1 is 1.33 bits per heavy atom. The lowest BCUT2D eigenvalue weighted by Gasteiger charge is -2.30. The van der Waals surface area contributed by atoms with Crippen LogP contribution in [0.25, 0.3) is 0 Å². The SMILES string of the molecule is C=IN(C(=O)/C(Cl)=C(\C)C#Cc1ccc(C(F)(F)F)cc1)C1CCCCO1. The third-order valence-electron chi connectivity index (χ3n) is 3.85. The van der Waals surface area contributed by atoms with Gasteiger partial charge in [0.2, 0.25) is 0 Å². The van der Waals surface area contributed by atoms with Crippen molar-refractivity contribution in [1.82, 2.24) is 3.11 Å². The Hall–Kier alpha value is -1.37. The fourth-order valence-corrected chi connectivity index (χ4v) is 4.09. The number of nitrogens with zero attached hydrogens (tertiary/aromatic N) is 1. The summed E-state index contributed by atoms with van der Waals surface area (Å²) >= 11 is 5.38. The highest BCUT2D eigenvalue weighted by Crippen LogP contribution is 2.29. The summed E-state index contributed by atoms with van der Waals surface area (Å²) in [6, 6.07) is 4.49. The Bertz CT molecular complexity index is 788. The first-order valence-electron chi connectivity index (χ1n) is 8.13. The van der Waals surface area contributed by atoms with E-state index in [1.165, 1.54) is 12.1 Å². The van der Waals surface area contributed by atoms with Crippen LogP contribution in [0.15, 0.2) is 34.9 Å². The molecule has 1 amide bonds. The topological polar surface area (TPSA) is 29.5 Å². The lowest BCUT2D eigenvalue weighted by molar-refractivity contribution is -0.137. The molecule has 1 aliphatic heterocycles. The number of ether oxygens (including phenoxy) is 1. The van der Waals surface area contributed by atoms with Crippen LogP contribution < -0.4 is 0 Å². The van der Waals surface area contributed by atoms with E-state index in [4.69, 9.17) is 16.3 Å². The van der Waals surface area contributed by atoms with Crippen molar-refractivity contribution in [3.63, 3.8) is 0 Å². The summed E-state index contributed by atoms with van der Waals surface area (Å²) < 4.78 is 48.8. The number of benzene rings is 1. The third kappa shape index (κ3) is 6.06. The lowest BCUT2D eigenvalue weighted by Crippen LogP contribution is -2.37. The molecule has 0 bridgehead atoms. The van der Waals surface area contributed by atoms with Gasteiger partial charge < -0.3 is 4.74 Å². The molecule has 0 aromatic heterocycles. The van der Waals surface area contributed by atoms with Gasteiger partial charge in [-0.3, -0.25) is 7.91 Å². The van der Waals surface area contributed by atoms with Crippen LogP contribution in [0.2, 0.25) is 0 Å². The van der Waals surface area contributed by atoms with Crippen molar-refractivity contribution in [2.75, 3.05) is 6.61 Å². The van der Waals surface area contributed by atoms with Crippen LogP contribution in [-0.2, 0) is 15.7 Å². The van der Waals surface area contributed by atoms with Crippen molar-refractivity contribution in [3.8, 4) is 11.8 Å². The number of hydrogen-bond donors (Lipinski definition) is 0. The van der Waals surface area contributed by atoms with Gasteiger partial charge in [-0.2, -0.15) is 13.2 Å². The maximum Gasteiger partial charge on any atom is 0.416 e. The normalized spacial score (nSPS) is 18.2. The molecule has 0 radical (unpaired) electrons. The number of carbonyl (C=O) groups is 1. The number of carbonyl (C=O) groups excluding carboxylic acids is 1. The van der Waals surface area contributed by atoms with E-state index in [2.05, 4.69) is 16.4 Å². The zero-order valence-corrected chi connectivity index (χ0v) is 17.5. The van der Waals surface area contributed by atoms with E-state index >= 15 is 0 Å². The van der Waals surface area contributed by atoms with Gasteiger partial charge in [-0.05, 0) is 76.0 Å². The summed E-state index contributed by atoms with van der Waals surface area (Å²) in [7, 11) is 0. The van der Waals surface area contributed by atoms with Gasteiger partial charge >= 0.3 is 6.18 Å². The summed E-state index contributed by atoms with van der Waals surface area (Å²) in [5, 5.41) is -0.0214. The van der Waals surface area contributed by atoms with Gasteiger partial charge in [0, 0.05) is 17.7 Å². The van der Waals surface area contributed by atoms with Gasteiger partial charge in [0.25, 0.3) is 5.91 Å². The van der Waals surface area contributed by atoms with Crippen LogP contribution in [0.5, 0.6) is 0 Å². The van der Waals surface area contributed by atoms with Gasteiger partial charge in [0.15, 0.2) is 0 Å². The molecule has 2 rings (SSSR count). The highest BCUT2D eigenvalue weighted by molar-refractivity contribution is 14.2. The molecule has 3 nitrogen and oxygen atoms in total. The minimum Gasteiger partial charge on any atom is -0.358 e. The maximum absolute atomic E-state index is 12.6. The molecule has 27 heavy (non-hydrogen) atoms. The van der Waals surface area contributed by atoms with Crippen LogP contribution in [0.3, 0.4) is 0 Å². The molecule has 1 aromatic carbocycles. The molecular formula is C19H18ClF3INO2. The number of allylic oxidation sites excluding steroid dienone is 1. The van der Waals surface area contributed by atoms with E-state index in [0.29, 0.717) is 17.7 Å². The highest BCUT2D eigenvalue weighted by atomic mass is 127. The molecule has 0 saturated carbocycles. The summed E-state index contributed by atoms with van der Waals surface area (Å²) in [5.74, 6) is 5.10. The molecule has 1 aromatic rings. The van der Waals surface area contributed by atoms with Crippen LogP contribution in [-0.4, -0.2) is 26.4 Å². The fourth-order valence-electron chi connectivity index (χ4n) is 2.38. The van der Waals surface area contributed by atoms with Crippen LogP contribution in [0.4, 0.5) is 13.2 Å². The van der Waals surface area contributed by atoms with Gasteiger partial charge in [0.05, 0.1) is 5.56 Å². The predicted octanol–water partition coefficient (Wildman–Crippen LogP) is 5.24. The zero-order valence-electron chi connectivity index (χ0n) is 14.6. The number of halogens is 5. The molecule has 0 aliphatic carbocycles. The number of hydrogen-bond acceptors (Lipinski definition) is 2. The molecule has 146 valence electrons. The maximum atomic E-state index is 12.6. The van der Waals surface area contributed by atoms with E-state index in [9.17, 15) is 18.0 Å². The fraction of sp³-hybridized carbons (Fsp3) is 0.368. The van der Waals surface area contributed by atoms with Crippen LogP contribution in [0.1, 0.15) is 37.3 Å². The van der Waals surface area contributed by atoms with Crippen molar-refractivity contribution in [3.05, 3.63) is 46.0 Å². The first-order valence-corrected chi connectivity index (χ1v) is 11.0. The molecule has 8 heteroatoms. The average molecular weight is 512 g/mol. The molecular weight excluding hydrogens is 494 g/mol. The number of amides is 1. The Morgan fingerprint density at radius 2 is 2.00 bits per heavy atom. The molecule has 1 saturated heterocycles. The lowest BCUT2D eigenvalue weighted by atomic mass is 10.1. The second-order valence-corrected chi connectivity index (χ2v) is 7.92. The number of alkyl halides is 3. The quantitative estimate of drug-likeness (QED) is 0.240. The smallest absolute Gasteiger partial charge is 0.358 e. The third-order valence-corrected chi connectivity index (χ3v) is 6.09. The summed E-state index contributed by atoms with van der Waals surface area (Å²) in [6.07, 6.45) is -2.00. The standard InChI is InChI=1S/C19H18ClF3INO2/c1-13(6-7-14-8-10-15(11-9-14)19(21,22)23)17(20)18(26)25(24-2)16-5-3-4-12-27-16/h8-11,16H,2-5,12H2,1H3/b17-13-. The number of rotatable bonds is 3. The van der Waals surface area contributed by atoms with Crippen LogP contribution >= 0.6 is 32.6 Å². The van der Waals surface area contributed by atoms with Crippen LogP contribution in [0, 0.1) is 11.8 Å². The minimum atomic E-state index is -4.39. The molecule has 0 spiro atoms. The monoisotopic (exact) mass is 511 g/mol. The second-order valence-electron chi connectivity index (χ2n) is 5.82.